The molecular weight excluding hydrogens is 278 g/mol. The minimum atomic E-state index is -0.412. The monoisotopic (exact) mass is 291 g/mol. The van der Waals surface area contributed by atoms with Crippen LogP contribution in [0.5, 0.6) is 0 Å². The number of aromatic nitrogens is 2. The molecule has 1 aromatic carbocycles. The number of hydrogen-bond acceptors (Lipinski definition) is 2. The lowest BCUT2D eigenvalue weighted by atomic mass is 10.2. The van der Waals surface area contributed by atoms with Crippen molar-refractivity contribution in [1.29, 1.82) is 0 Å². The molecule has 6 heteroatoms. The molecule has 0 saturated carbocycles. The van der Waals surface area contributed by atoms with E-state index in [9.17, 15) is 9.59 Å². The number of nitrogens with zero attached hydrogens (tertiary/aromatic N) is 1. The highest BCUT2D eigenvalue weighted by Gasteiger charge is 2.17. The number of rotatable bonds is 5. The Labute approximate surface area is 120 Å². The average molecular weight is 292 g/mol. The number of H-pyrrole nitrogens is 2. The Kier molecular flexibility index (Phi) is 4.42. The molecule has 0 bridgehead atoms. The standard InChI is InChI=1S/C14H14ClN3O2/c1-2-7-18(9-10-5-3-4-6-11(10)15)13(19)12-8-16-14(20)17-12/h2-6,8H,1,7,9H2,(H2,16,17,20). The molecule has 2 rings (SSSR count). The van der Waals surface area contributed by atoms with Crippen LogP contribution in [0.1, 0.15) is 16.1 Å². The Balaban J connectivity index is 2.23. The third kappa shape index (κ3) is 3.19. The molecule has 0 aliphatic rings. The zero-order chi connectivity index (χ0) is 14.5. The molecule has 0 aliphatic heterocycles. The van der Waals surface area contributed by atoms with Crippen LogP contribution in [0, 0.1) is 0 Å². The minimum Gasteiger partial charge on any atom is -0.329 e. The van der Waals surface area contributed by atoms with Crippen LogP contribution in [0.25, 0.3) is 0 Å². The van der Waals surface area contributed by atoms with Crippen LogP contribution in [-0.2, 0) is 6.54 Å². The van der Waals surface area contributed by atoms with E-state index < -0.39 is 5.69 Å². The number of carbonyl (C=O) groups excluding carboxylic acids is 1. The first-order valence-electron chi connectivity index (χ1n) is 6.03. The highest BCUT2D eigenvalue weighted by atomic mass is 35.5. The maximum absolute atomic E-state index is 12.3. The van der Waals surface area contributed by atoms with Crippen molar-refractivity contribution < 1.29 is 4.79 Å². The number of aromatic amines is 2. The van der Waals surface area contributed by atoms with Crippen molar-refractivity contribution in [3.8, 4) is 0 Å². The lowest BCUT2D eigenvalue weighted by Gasteiger charge is -2.21. The first-order valence-corrected chi connectivity index (χ1v) is 6.41. The van der Waals surface area contributed by atoms with E-state index in [2.05, 4.69) is 16.5 Å². The van der Waals surface area contributed by atoms with Gasteiger partial charge in [-0.1, -0.05) is 35.9 Å². The second-order valence-corrected chi connectivity index (χ2v) is 4.63. The summed E-state index contributed by atoms with van der Waals surface area (Å²) >= 11 is 6.10. The highest BCUT2D eigenvalue weighted by molar-refractivity contribution is 6.31. The van der Waals surface area contributed by atoms with E-state index in [1.54, 1.807) is 17.0 Å². The summed E-state index contributed by atoms with van der Waals surface area (Å²) in [6, 6.07) is 7.31. The van der Waals surface area contributed by atoms with Gasteiger partial charge in [-0.2, -0.15) is 0 Å². The van der Waals surface area contributed by atoms with Crippen molar-refractivity contribution in [2.75, 3.05) is 6.54 Å². The third-order valence-electron chi connectivity index (χ3n) is 2.78. The summed E-state index contributed by atoms with van der Waals surface area (Å²) in [5, 5.41) is 0.594. The Morgan fingerprint density at radius 1 is 1.40 bits per heavy atom. The first kappa shape index (κ1) is 14.1. The molecule has 1 amide bonds. The summed E-state index contributed by atoms with van der Waals surface area (Å²) in [5.41, 5.74) is 0.635. The van der Waals surface area contributed by atoms with Crippen molar-refractivity contribution in [2.24, 2.45) is 0 Å². The number of amides is 1. The van der Waals surface area contributed by atoms with Gasteiger partial charge in [0.05, 0.1) is 0 Å². The second kappa shape index (κ2) is 6.25. The van der Waals surface area contributed by atoms with Crippen LogP contribution in [0.15, 0.2) is 47.9 Å². The van der Waals surface area contributed by atoms with Gasteiger partial charge in [0.2, 0.25) is 0 Å². The van der Waals surface area contributed by atoms with Gasteiger partial charge in [0.1, 0.15) is 5.69 Å². The first-order chi connectivity index (χ1) is 9.61. The maximum atomic E-state index is 12.3. The van der Waals surface area contributed by atoms with Gasteiger partial charge < -0.3 is 14.9 Å². The lowest BCUT2D eigenvalue weighted by molar-refractivity contribution is 0.0757. The largest absolute Gasteiger partial charge is 0.329 e. The molecule has 0 aliphatic carbocycles. The zero-order valence-electron chi connectivity index (χ0n) is 10.7. The van der Waals surface area contributed by atoms with Crippen LogP contribution in [0.3, 0.4) is 0 Å². The Bertz CT molecular complexity index is 675. The van der Waals surface area contributed by atoms with Crippen LogP contribution in [0.4, 0.5) is 0 Å². The van der Waals surface area contributed by atoms with Crippen LogP contribution >= 0.6 is 11.6 Å². The summed E-state index contributed by atoms with van der Waals surface area (Å²) in [7, 11) is 0. The molecule has 0 fully saturated rings. The normalized spacial score (nSPS) is 10.2. The predicted octanol–water partition coefficient (Wildman–Crippen LogP) is 2.18. The number of imidazole rings is 1. The van der Waals surface area contributed by atoms with Gasteiger partial charge in [0, 0.05) is 24.3 Å². The number of benzene rings is 1. The summed E-state index contributed by atoms with van der Waals surface area (Å²) in [6.45, 7) is 4.34. The van der Waals surface area contributed by atoms with Gasteiger partial charge >= 0.3 is 5.69 Å². The molecule has 1 aromatic heterocycles. The predicted molar refractivity (Wildman–Crippen MR) is 77.8 cm³/mol. The Morgan fingerprint density at radius 2 is 2.15 bits per heavy atom. The van der Waals surface area contributed by atoms with Crippen molar-refractivity contribution in [2.45, 2.75) is 6.54 Å². The van der Waals surface area contributed by atoms with Crippen molar-refractivity contribution >= 4 is 17.5 Å². The summed E-state index contributed by atoms with van der Waals surface area (Å²) in [4.78, 5) is 29.8. The number of hydrogen-bond donors (Lipinski definition) is 2. The van der Waals surface area contributed by atoms with E-state index in [1.165, 1.54) is 6.20 Å². The molecule has 1 heterocycles. The van der Waals surface area contributed by atoms with Gasteiger partial charge in [0.25, 0.3) is 5.91 Å². The SMILES string of the molecule is C=CCN(Cc1ccccc1Cl)C(=O)c1c[nH]c(=O)[nH]1. The fourth-order valence-corrected chi connectivity index (χ4v) is 2.02. The Morgan fingerprint density at radius 3 is 2.75 bits per heavy atom. The smallest absolute Gasteiger partial charge is 0.323 e. The van der Waals surface area contributed by atoms with E-state index in [0.717, 1.165) is 5.56 Å². The number of carbonyl (C=O) groups is 1. The van der Waals surface area contributed by atoms with Gasteiger partial charge in [-0.05, 0) is 11.6 Å². The van der Waals surface area contributed by atoms with Gasteiger partial charge in [-0.25, -0.2) is 4.79 Å². The molecule has 0 saturated heterocycles. The quantitative estimate of drug-likeness (QED) is 0.829. The molecular formula is C14H14ClN3O2. The van der Waals surface area contributed by atoms with Crippen molar-refractivity contribution in [1.82, 2.24) is 14.9 Å². The molecule has 0 unspecified atom stereocenters. The number of halogens is 1. The van der Waals surface area contributed by atoms with Crippen LogP contribution < -0.4 is 5.69 Å². The highest BCUT2D eigenvalue weighted by Crippen LogP contribution is 2.17. The molecule has 0 spiro atoms. The van der Waals surface area contributed by atoms with Crippen molar-refractivity contribution in [3.05, 3.63) is 69.9 Å². The van der Waals surface area contributed by atoms with E-state index in [1.807, 2.05) is 18.2 Å². The summed E-state index contributed by atoms with van der Waals surface area (Å²) < 4.78 is 0. The molecule has 0 atom stereocenters. The number of nitrogens with one attached hydrogen (secondary N) is 2. The fraction of sp³-hybridized carbons (Fsp3) is 0.143. The average Bonchev–Trinajstić information content (AvgIpc) is 2.86. The molecule has 5 nitrogen and oxygen atoms in total. The fourth-order valence-electron chi connectivity index (χ4n) is 1.83. The molecule has 0 radical (unpaired) electrons. The zero-order valence-corrected chi connectivity index (χ0v) is 11.5. The molecule has 2 N–H and O–H groups in total. The minimum absolute atomic E-state index is 0.212. The van der Waals surface area contributed by atoms with E-state index in [-0.39, 0.29) is 11.6 Å². The van der Waals surface area contributed by atoms with E-state index >= 15 is 0 Å². The maximum Gasteiger partial charge on any atom is 0.323 e. The molecule has 104 valence electrons. The second-order valence-electron chi connectivity index (χ2n) is 4.22. The van der Waals surface area contributed by atoms with E-state index in [0.29, 0.717) is 18.1 Å². The van der Waals surface area contributed by atoms with Gasteiger partial charge in [0.15, 0.2) is 0 Å². The van der Waals surface area contributed by atoms with Crippen LogP contribution in [-0.4, -0.2) is 27.3 Å². The lowest BCUT2D eigenvalue weighted by Crippen LogP contribution is -2.31. The Hall–Kier alpha value is -2.27. The molecule has 20 heavy (non-hydrogen) atoms. The van der Waals surface area contributed by atoms with Crippen LogP contribution in [0.2, 0.25) is 5.02 Å². The van der Waals surface area contributed by atoms with Gasteiger partial charge in [-0.15, -0.1) is 6.58 Å². The van der Waals surface area contributed by atoms with Gasteiger partial charge in [-0.3, -0.25) is 4.79 Å². The summed E-state index contributed by atoms with van der Waals surface area (Å²) in [6.07, 6.45) is 2.98. The summed E-state index contributed by atoms with van der Waals surface area (Å²) in [5.74, 6) is -0.289. The molecule has 2 aromatic rings. The van der Waals surface area contributed by atoms with Crippen molar-refractivity contribution in [3.63, 3.8) is 0 Å². The topological polar surface area (TPSA) is 69.0 Å². The third-order valence-corrected chi connectivity index (χ3v) is 3.15. The van der Waals surface area contributed by atoms with E-state index in [4.69, 9.17) is 11.6 Å².